The fourth-order valence-electron chi connectivity index (χ4n) is 0.483. The third kappa shape index (κ3) is 3.51. The van der Waals surface area contributed by atoms with Crippen molar-refractivity contribution in [2.24, 2.45) is 0 Å². The number of nitrogens with zero attached hydrogens (tertiary/aromatic N) is 1. The molecular formula is C5H13NO3P+. The van der Waals surface area contributed by atoms with Gasteiger partial charge in [-0.1, -0.05) is 0 Å². The van der Waals surface area contributed by atoms with Crippen LogP contribution in [0.1, 0.15) is 13.8 Å². The molecule has 1 N–H and O–H groups in total. The SMILES string of the molecule is CC[N+](O)=C(C)O[PH](C)=O. The second-order valence-corrected chi connectivity index (χ2v) is 3.02. The summed E-state index contributed by atoms with van der Waals surface area (Å²) in [7, 11) is -1.98. The molecule has 0 aromatic carbocycles. The molecule has 0 heterocycles. The molecule has 0 fully saturated rings. The van der Waals surface area contributed by atoms with E-state index >= 15 is 0 Å². The average Bonchev–Trinajstić information content (AvgIpc) is 1.85. The number of hydroxylamine groups is 1. The first-order valence-electron chi connectivity index (χ1n) is 3.06. The molecule has 0 amide bonds. The summed E-state index contributed by atoms with van der Waals surface area (Å²) in [4.78, 5) is 0. The predicted molar refractivity (Wildman–Crippen MR) is 39.3 cm³/mol. The summed E-state index contributed by atoms with van der Waals surface area (Å²) in [5.74, 6) is 0.286. The highest BCUT2D eigenvalue weighted by molar-refractivity contribution is 7.38. The van der Waals surface area contributed by atoms with Gasteiger partial charge in [0.25, 0.3) is 0 Å². The Morgan fingerprint density at radius 2 is 2.30 bits per heavy atom. The molecule has 0 saturated carbocycles. The monoisotopic (exact) mass is 166 g/mol. The Hall–Kier alpha value is -0.500. The molecule has 0 aliphatic carbocycles. The first kappa shape index (κ1) is 9.50. The number of rotatable bonds is 2. The molecule has 0 aliphatic heterocycles. The van der Waals surface area contributed by atoms with Gasteiger partial charge in [0.1, 0.15) is 0 Å². The van der Waals surface area contributed by atoms with Gasteiger partial charge >= 0.3 is 5.90 Å². The van der Waals surface area contributed by atoms with E-state index in [2.05, 4.69) is 0 Å². The first-order chi connectivity index (χ1) is 4.57. The van der Waals surface area contributed by atoms with E-state index in [0.717, 1.165) is 4.74 Å². The zero-order chi connectivity index (χ0) is 8.15. The molecule has 0 bridgehead atoms. The van der Waals surface area contributed by atoms with Crippen molar-refractivity contribution >= 4 is 13.9 Å². The van der Waals surface area contributed by atoms with Gasteiger partial charge < -0.3 is 4.52 Å². The van der Waals surface area contributed by atoms with Crippen LogP contribution in [0.3, 0.4) is 0 Å². The van der Waals surface area contributed by atoms with Crippen LogP contribution in [-0.4, -0.2) is 29.1 Å². The Balaban J connectivity index is 4.04. The highest BCUT2D eigenvalue weighted by Crippen LogP contribution is 2.14. The minimum absolute atomic E-state index is 0.286. The highest BCUT2D eigenvalue weighted by Gasteiger charge is 2.07. The summed E-state index contributed by atoms with van der Waals surface area (Å²) in [5.41, 5.74) is 0. The molecule has 0 aromatic rings. The second kappa shape index (κ2) is 4.34. The maximum atomic E-state index is 10.5. The lowest BCUT2D eigenvalue weighted by atomic mass is 10.7. The first-order valence-corrected chi connectivity index (χ1v) is 4.88. The molecule has 60 valence electrons. The Morgan fingerprint density at radius 3 is 2.60 bits per heavy atom. The third-order valence-electron chi connectivity index (χ3n) is 0.954. The van der Waals surface area contributed by atoms with Gasteiger partial charge in [-0.3, -0.25) is 9.77 Å². The van der Waals surface area contributed by atoms with Crippen molar-refractivity contribution in [2.45, 2.75) is 13.8 Å². The van der Waals surface area contributed by atoms with Crippen LogP contribution in [0, 0.1) is 0 Å². The zero-order valence-corrected chi connectivity index (χ0v) is 7.42. The zero-order valence-electron chi connectivity index (χ0n) is 6.42. The molecule has 4 nitrogen and oxygen atoms in total. The standard InChI is InChI=1S/C5H13NO3P/c1-4-6(7)5(2)9-10(3)8/h7,10H,4H2,1-3H3/q+1. The molecule has 1 atom stereocenters. The van der Waals surface area contributed by atoms with Gasteiger partial charge in [0, 0.05) is 11.4 Å². The molecule has 0 rings (SSSR count). The van der Waals surface area contributed by atoms with E-state index < -0.39 is 8.03 Å². The van der Waals surface area contributed by atoms with Crippen LogP contribution in [0.4, 0.5) is 0 Å². The summed E-state index contributed by atoms with van der Waals surface area (Å²) < 4.78 is 16.1. The fourth-order valence-corrected chi connectivity index (χ4v) is 1.00. The normalized spacial score (nSPS) is 15.9. The molecule has 0 spiro atoms. The van der Waals surface area contributed by atoms with E-state index in [0.29, 0.717) is 6.54 Å². The Labute approximate surface area is 61.0 Å². The maximum absolute atomic E-state index is 10.5. The molecule has 5 heteroatoms. The van der Waals surface area contributed by atoms with E-state index in [-0.39, 0.29) is 5.90 Å². The van der Waals surface area contributed by atoms with Gasteiger partial charge in [-0.15, -0.1) is 0 Å². The molecule has 0 aliphatic rings. The van der Waals surface area contributed by atoms with Crippen molar-refractivity contribution < 1.29 is 19.0 Å². The smallest absolute Gasteiger partial charge is 0.386 e. The van der Waals surface area contributed by atoms with E-state index in [9.17, 15) is 4.57 Å². The molecule has 10 heavy (non-hydrogen) atoms. The average molecular weight is 166 g/mol. The highest BCUT2D eigenvalue weighted by atomic mass is 31.1. The Kier molecular flexibility index (Phi) is 4.12. The van der Waals surface area contributed by atoms with Crippen LogP contribution in [0.2, 0.25) is 0 Å². The summed E-state index contributed by atoms with van der Waals surface area (Å²) in [6.07, 6.45) is 0. The van der Waals surface area contributed by atoms with Gasteiger partial charge in [-0.25, -0.2) is 0 Å². The maximum Gasteiger partial charge on any atom is 0.386 e. The van der Waals surface area contributed by atoms with Gasteiger partial charge in [-0.05, 0) is 6.92 Å². The van der Waals surface area contributed by atoms with Crippen LogP contribution in [0.15, 0.2) is 0 Å². The van der Waals surface area contributed by atoms with Crippen LogP contribution < -0.4 is 0 Å². The van der Waals surface area contributed by atoms with Crippen molar-refractivity contribution in [1.29, 1.82) is 0 Å². The van der Waals surface area contributed by atoms with Gasteiger partial charge in [0.2, 0.25) is 8.03 Å². The molecule has 0 radical (unpaired) electrons. The number of hydrogen-bond acceptors (Lipinski definition) is 3. The molecular weight excluding hydrogens is 153 g/mol. The van der Waals surface area contributed by atoms with Crippen LogP contribution in [0.25, 0.3) is 0 Å². The third-order valence-corrected chi connectivity index (χ3v) is 1.54. The van der Waals surface area contributed by atoms with Crippen molar-refractivity contribution in [1.82, 2.24) is 0 Å². The summed E-state index contributed by atoms with van der Waals surface area (Å²) in [5, 5.41) is 8.92. The lowest BCUT2D eigenvalue weighted by Crippen LogP contribution is -2.15. The van der Waals surface area contributed by atoms with Crippen LogP contribution in [0.5, 0.6) is 0 Å². The Bertz CT molecular complexity index is 166. The van der Waals surface area contributed by atoms with E-state index in [1.165, 1.54) is 6.66 Å². The second-order valence-electron chi connectivity index (χ2n) is 1.83. The van der Waals surface area contributed by atoms with E-state index in [4.69, 9.17) is 9.73 Å². The van der Waals surface area contributed by atoms with Crippen LogP contribution >= 0.6 is 8.03 Å². The van der Waals surface area contributed by atoms with Crippen molar-refractivity contribution in [3.8, 4) is 0 Å². The van der Waals surface area contributed by atoms with Crippen molar-refractivity contribution in [2.75, 3.05) is 13.2 Å². The minimum Gasteiger partial charge on any atom is -0.394 e. The molecule has 1 unspecified atom stereocenters. The number of hydrogen-bond donors (Lipinski definition) is 1. The van der Waals surface area contributed by atoms with E-state index in [1.54, 1.807) is 13.8 Å². The van der Waals surface area contributed by atoms with Gasteiger partial charge in [0.15, 0.2) is 6.54 Å². The quantitative estimate of drug-likeness (QED) is 0.166. The van der Waals surface area contributed by atoms with Gasteiger partial charge in [-0.2, -0.15) is 0 Å². The Morgan fingerprint density at radius 1 is 1.80 bits per heavy atom. The van der Waals surface area contributed by atoms with Gasteiger partial charge in [0.05, 0.1) is 6.92 Å². The minimum atomic E-state index is -1.98. The molecule has 0 saturated heterocycles. The fraction of sp³-hybridized carbons (Fsp3) is 0.800. The van der Waals surface area contributed by atoms with Crippen LogP contribution in [-0.2, 0) is 9.09 Å². The lowest BCUT2D eigenvalue weighted by molar-refractivity contribution is -0.776. The van der Waals surface area contributed by atoms with Crippen molar-refractivity contribution in [3.05, 3.63) is 0 Å². The lowest BCUT2D eigenvalue weighted by Gasteiger charge is -1.96. The predicted octanol–water partition coefficient (Wildman–Crippen LogP) is 0.948. The summed E-state index contributed by atoms with van der Waals surface area (Å²) in [6.45, 7) is 5.23. The van der Waals surface area contributed by atoms with Crippen molar-refractivity contribution in [3.63, 3.8) is 0 Å². The molecule has 0 aromatic heterocycles. The summed E-state index contributed by atoms with van der Waals surface area (Å²) in [6, 6.07) is 0. The largest absolute Gasteiger partial charge is 0.394 e. The van der Waals surface area contributed by atoms with E-state index in [1.807, 2.05) is 0 Å². The summed E-state index contributed by atoms with van der Waals surface area (Å²) >= 11 is 0. The topological polar surface area (TPSA) is 49.5 Å².